The smallest absolute Gasteiger partial charge is 0.249 e. The van der Waals surface area contributed by atoms with Gasteiger partial charge in [-0.15, -0.1) is 23.1 Å². The number of rotatable bonds is 5. The summed E-state index contributed by atoms with van der Waals surface area (Å²) in [6.45, 7) is 0.705. The Morgan fingerprint density at radius 3 is 2.67 bits per heavy atom. The third-order valence-electron chi connectivity index (χ3n) is 2.50. The second kappa shape index (κ2) is 5.93. The van der Waals surface area contributed by atoms with Gasteiger partial charge in [-0.25, -0.2) is 0 Å². The van der Waals surface area contributed by atoms with E-state index in [9.17, 15) is 4.79 Å². The van der Waals surface area contributed by atoms with E-state index in [0.717, 1.165) is 10.6 Å². The van der Waals surface area contributed by atoms with Gasteiger partial charge in [0.2, 0.25) is 5.91 Å². The standard InChI is InChI=1S/C13H14N2OS2/c1-17-11-4-2-10(3-5-11)15-7-12-6-9(8-18-12)13(14)16/h2-6,8,15H,7H2,1H3,(H2,14,16). The summed E-state index contributed by atoms with van der Waals surface area (Å²) in [7, 11) is 0. The molecular formula is C13H14N2OS2. The summed E-state index contributed by atoms with van der Waals surface area (Å²) in [5.74, 6) is -0.373. The van der Waals surface area contributed by atoms with Crippen molar-refractivity contribution in [3.63, 3.8) is 0 Å². The van der Waals surface area contributed by atoms with Gasteiger partial charge in [-0.2, -0.15) is 0 Å². The molecule has 0 unspecified atom stereocenters. The number of carbonyl (C=O) groups is 1. The molecule has 0 fully saturated rings. The number of hydrogen-bond acceptors (Lipinski definition) is 4. The van der Waals surface area contributed by atoms with Gasteiger partial charge >= 0.3 is 0 Å². The molecule has 0 aliphatic rings. The zero-order valence-corrected chi connectivity index (χ0v) is 11.6. The zero-order valence-electron chi connectivity index (χ0n) is 9.97. The van der Waals surface area contributed by atoms with Crippen LogP contribution in [0, 0.1) is 0 Å². The van der Waals surface area contributed by atoms with Crippen molar-refractivity contribution in [2.24, 2.45) is 5.73 Å². The third-order valence-corrected chi connectivity index (χ3v) is 4.18. The molecular weight excluding hydrogens is 264 g/mol. The Morgan fingerprint density at radius 2 is 2.11 bits per heavy atom. The first-order chi connectivity index (χ1) is 8.69. The minimum absolute atomic E-state index is 0.373. The van der Waals surface area contributed by atoms with E-state index in [4.69, 9.17) is 5.73 Å². The highest BCUT2D eigenvalue weighted by Crippen LogP contribution is 2.19. The van der Waals surface area contributed by atoms with E-state index in [1.807, 2.05) is 6.07 Å². The molecule has 0 saturated heterocycles. The number of thiophene rings is 1. The number of anilines is 1. The number of carbonyl (C=O) groups excluding carboxylic acids is 1. The molecule has 2 aromatic rings. The van der Waals surface area contributed by atoms with Crippen LogP contribution >= 0.6 is 23.1 Å². The van der Waals surface area contributed by atoms with Crippen molar-refractivity contribution >= 4 is 34.7 Å². The highest BCUT2D eigenvalue weighted by atomic mass is 32.2. The highest BCUT2D eigenvalue weighted by molar-refractivity contribution is 7.98. The quantitative estimate of drug-likeness (QED) is 0.826. The van der Waals surface area contributed by atoms with Crippen LogP contribution in [0.2, 0.25) is 0 Å². The first kappa shape index (κ1) is 13.0. The maximum absolute atomic E-state index is 11.0. The highest BCUT2D eigenvalue weighted by Gasteiger charge is 2.04. The van der Waals surface area contributed by atoms with Gasteiger partial charge in [0.15, 0.2) is 0 Å². The molecule has 1 aromatic heterocycles. The number of benzene rings is 1. The van der Waals surface area contributed by atoms with Crippen LogP contribution in [0.5, 0.6) is 0 Å². The third kappa shape index (κ3) is 3.27. The maximum atomic E-state index is 11.0. The summed E-state index contributed by atoms with van der Waals surface area (Å²) in [6, 6.07) is 10.1. The Morgan fingerprint density at radius 1 is 1.39 bits per heavy atom. The van der Waals surface area contributed by atoms with Gasteiger partial charge in [-0.05, 0) is 36.6 Å². The van der Waals surface area contributed by atoms with Crippen molar-refractivity contribution in [3.8, 4) is 0 Å². The molecule has 5 heteroatoms. The Balaban J connectivity index is 1.95. The number of nitrogens with one attached hydrogen (secondary N) is 1. The molecule has 0 bridgehead atoms. The summed E-state index contributed by atoms with van der Waals surface area (Å²) in [4.78, 5) is 13.3. The van der Waals surface area contributed by atoms with E-state index in [1.54, 1.807) is 17.1 Å². The van der Waals surface area contributed by atoms with Gasteiger partial charge in [0, 0.05) is 27.4 Å². The first-order valence-corrected chi connectivity index (χ1v) is 7.54. The van der Waals surface area contributed by atoms with Crippen LogP contribution in [-0.4, -0.2) is 12.2 Å². The summed E-state index contributed by atoms with van der Waals surface area (Å²) in [5, 5.41) is 5.10. The number of amides is 1. The van der Waals surface area contributed by atoms with E-state index >= 15 is 0 Å². The Kier molecular flexibility index (Phi) is 4.28. The number of nitrogens with two attached hydrogens (primary N) is 1. The lowest BCUT2D eigenvalue weighted by Crippen LogP contribution is -2.09. The second-order valence-corrected chi connectivity index (χ2v) is 5.62. The average molecular weight is 278 g/mol. The minimum atomic E-state index is -0.373. The van der Waals surface area contributed by atoms with Crippen LogP contribution in [0.4, 0.5) is 5.69 Å². The zero-order chi connectivity index (χ0) is 13.0. The molecule has 0 aliphatic heterocycles. The fraction of sp³-hybridized carbons (Fsp3) is 0.154. The Labute approximate surface area is 114 Å². The van der Waals surface area contributed by atoms with Crippen molar-refractivity contribution in [3.05, 3.63) is 46.2 Å². The monoisotopic (exact) mass is 278 g/mol. The van der Waals surface area contributed by atoms with Crippen LogP contribution in [0.3, 0.4) is 0 Å². The van der Waals surface area contributed by atoms with E-state index in [0.29, 0.717) is 12.1 Å². The maximum Gasteiger partial charge on any atom is 0.249 e. The molecule has 0 saturated carbocycles. The largest absolute Gasteiger partial charge is 0.380 e. The molecule has 3 N–H and O–H groups in total. The lowest BCUT2D eigenvalue weighted by Gasteiger charge is -2.05. The van der Waals surface area contributed by atoms with Crippen LogP contribution < -0.4 is 11.1 Å². The summed E-state index contributed by atoms with van der Waals surface area (Å²) in [5.41, 5.74) is 6.86. The Bertz CT molecular complexity index is 534. The fourth-order valence-corrected chi connectivity index (χ4v) is 2.72. The normalized spacial score (nSPS) is 10.3. The second-order valence-electron chi connectivity index (χ2n) is 3.75. The Hall–Kier alpha value is -1.46. The van der Waals surface area contributed by atoms with Crippen molar-refractivity contribution in [1.82, 2.24) is 0 Å². The summed E-state index contributed by atoms with van der Waals surface area (Å²) < 4.78 is 0. The molecule has 0 aliphatic carbocycles. The summed E-state index contributed by atoms with van der Waals surface area (Å²) in [6.07, 6.45) is 2.06. The van der Waals surface area contributed by atoms with Crippen molar-refractivity contribution in [2.45, 2.75) is 11.4 Å². The van der Waals surface area contributed by atoms with Crippen LogP contribution in [0.25, 0.3) is 0 Å². The first-order valence-electron chi connectivity index (χ1n) is 5.44. The van der Waals surface area contributed by atoms with E-state index in [-0.39, 0.29) is 5.91 Å². The molecule has 1 heterocycles. The molecule has 0 atom stereocenters. The van der Waals surface area contributed by atoms with E-state index in [1.165, 1.54) is 16.2 Å². The molecule has 94 valence electrons. The molecule has 18 heavy (non-hydrogen) atoms. The SMILES string of the molecule is CSc1ccc(NCc2cc(C(N)=O)cs2)cc1. The van der Waals surface area contributed by atoms with Gasteiger partial charge in [0.05, 0.1) is 5.56 Å². The lowest BCUT2D eigenvalue weighted by atomic mass is 10.3. The molecule has 1 aromatic carbocycles. The van der Waals surface area contributed by atoms with Gasteiger partial charge in [-0.1, -0.05) is 0 Å². The van der Waals surface area contributed by atoms with Crippen molar-refractivity contribution < 1.29 is 4.79 Å². The number of hydrogen-bond donors (Lipinski definition) is 2. The molecule has 3 nitrogen and oxygen atoms in total. The van der Waals surface area contributed by atoms with Gasteiger partial charge in [0.25, 0.3) is 0 Å². The molecule has 1 amide bonds. The van der Waals surface area contributed by atoms with Crippen LogP contribution in [-0.2, 0) is 6.54 Å². The van der Waals surface area contributed by atoms with Gasteiger partial charge in [-0.3, -0.25) is 4.79 Å². The lowest BCUT2D eigenvalue weighted by molar-refractivity contribution is 0.100. The number of thioether (sulfide) groups is 1. The fourth-order valence-electron chi connectivity index (χ4n) is 1.50. The summed E-state index contributed by atoms with van der Waals surface area (Å²) >= 11 is 3.26. The van der Waals surface area contributed by atoms with Crippen LogP contribution in [0.15, 0.2) is 40.6 Å². The van der Waals surface area contributed by atoms with Gasteiger partial charge < -0.3 is 11.1 Å². The average Bonchev–Trinajstić information content (AvgIpc) is 2.86. The molecule has 0 radical (unpaired) electrons. The molecule has 2 rings (SSSR count). The minimum Gasteiger partial charge on any atom is -0.380 e. The van der Waals surface area contributed by atoms with Crippen molar-refractivity contribution in [2.75, 3.05) is 11.6 Å². The van der Waals surface area contributed by atoms with Crippen molar-refractivity contribution in [1.29, 1.82) is 0 Å². The topological polar surface area (TPSA) is 55.1 Å². The van der Waals surface area contributed by atoms with E-state index < -0.39 is 0 Å². The predicted molar refractivity (Wildman–Crippen MR) is 78.4 cm³/mol. The van der Waals surface area contributed by atoms with Crippen LogP contribution in [0.1, 0.15) is 15.2 Å². The molecule has 0 spiro atoms. The van der Waals surface area contributed by atoms with Gasteiger partial charge in [0.1, 0.15) is 0 Å². The number of primary amides is 1. The van der Waals surface area contributed by atoms with E-state index in [2.05, 4.69) is 35.8 Å². The predicted octanol–water partition coefficient (Wildman–Crippen LogP) is 3.18.